The van der Waals surface area contributed by atoms with Gasteiger partial charge in [0.25, 0.3) is 0 Å². The van der Waals surface area contributed by atoms with Gasteiger partial charge in [-0.15, -0.1) is 0 Å². The minimum atomic E-state index is 0.312. The van der Waals surface area contributed by atoms with Gasteiger partial charge in [0.05, 0.1) is 6.61 Å². The molecule has 0 fully saturated rings. The van der Waals surface area contributed by atoms with Crippen LogP contribution in [0.4, 0.5) is 5.95 Å². The Bertz CT molecular complexity index is 526. The summed E-state index contributed by atoms with van der Waals surface area (Å²) < 4.78 is 5.31. The highest BCUT2D eigenvalue weighted by Gasteiger charge is 2.08. The van der Waals surface area contributed by atoms with Crippen molar-refractivity contribution in [1.29, 1.82) is 0 Å². The molecule has 2 aromatic rings. The van der Waals surface area contributed by atoms with Gasteiger partial charge < -0.3 is 10.1 Å². The van der Waals surface area contributed by atoms with Crippen molar-refractivity contribution in [3.05, 3.63) is 24.0 Å². The third-order valence-corrected chi connectivity index (χ3v) is 2.28. The first-order valence-corrected chi connectivity index (χ1v) is 5.72. The Balaban J connectivity index is 2.42. The van der Waals surface area contributed by atoms with Crippen LogP contribution in [0.15, 0.2) is 18.3 Å². The van der Waals surface area contributed by atoms with Crippen LogP contribution < -0.4 is 10.1 Å². The van der Waals surface area contributed by atoms with E-state index in [4.69, 9.17) is 4.74 Å². The van der Waals surface area contributed by atoms with E-state index in [2.05, 4.69) is 25.3 Å². The third kappa shape index (κ3) is 2.71. The van der Waals surface area contributed by atoms with Crippen molar-refractivity contribution in [2.45, 2.75) is 13.8 Å². The van der Waals surface area contributed by atoms with E-state index in [0.29, 0.717) is 24.4 Å². The maximum Gasteiger partial charge on any atom is 0.321 e. The highest BCUT2D eigenvalue weighted by molar-refractivity contribution is 5.55. The second-order valence-electron chi connectivity index (χ2n) is 3.64. The highest BCUT2D eigenvalue weighted by atomic mass is 16.5. The van der Waals surface area contributed by atoms with Gasteiger partial charge in [0.1, 0.15) is 0 Å². The molecular formula is C12H15N5O. The van der Waals surface area contributed by atoms with Crippen LogP contribution in [0, 0.1) is 6.92 Å². The summed E-state index contributed by atoms with van der Waals surface area (Å²) in [5.74, 6) is 1.02. The summed E-state index contributed by atoms with van der Waals surface area (Å²) in [5, 5.41) is 2.88. The van der Waals surface area contributed by atoms with Crippen molar-refractivity contribution in [3.8, 4) is 17.4 Å². The predicted molar refractivity (Wildman–Crippen MR) is 68.5 cm³/mol. The Labute approximate surface area is 105 Å². The number of hydrogen-bond donors (Lipinski definition) is 1. The topological polar surface area (TPSA) is 72.8 Å². The molecule has 18 heavy (non-hydrogen) atoms. The summed E-state index contributed by atoms with van der Waals surface area (Å²) in [6.07, 6.45) is 1.74. The molecule has 2 rings (SSSR count). The highest BCUT2D eigenvalue weighted by Crippen LogP contribution is 2.17. The average molecular weight is 245 g/mol. The first kappa shape index (κ1) is 12.2. The van der Waals surface area contributed by atoms with Gasteiger partial charge in [0.15, 0.2) is 5.82 Å². The summed E-state index contributed by atoms with van der Waals surface area (Å²) >= 11 is 0. The standard InChI is InChI=1S/C12H15N5O/c1-4-18-12-16-10(15-11(13-3)17-12)9-6-5-8(2)14-7-9/h5-7H,4H2,1-3H3,(H,13,15,16,17). The predicted octanol–water partition coefficient (Wildman–Crippen LogP) is 1.68. The quantitative estimate of drug-likeness (QED) is 0.883. The molecule has 0 aromatic carbocycles. The van der Waals surface area contributed by atoms with E-state index in [1.807, 2.05) is 26.0 Å². The number of anilines is 1. The van der Waals surface area contributed by atoms with Gasteiger partial charge in [0.2, 0.25) is 5.95 Å². The minimum absolute atomic E-state index is 0.312. The molecule has 6 nitrogen and oxygen atoms in total. The zero-order valence-corrected chi connectivity index (χ0v) is 10.6. The van der Waals surface area contributed by atoms with Crippen molar-refractivity contribution >= 4 is 5.95 Å². The van der Waals surface area contributed by atoms with E-state index < -0.39 is 0 Å². The third-order valence-electron chi connectivity index (χ3n) is 2.28. The second-order valence-corrected chi connectivity index (χ2v) is 3.64. The van der Waals surface area contributed by atoms with Crippen molar-refractivity contribution in [1.82, 2.24) is 19.9 Å². The monoisotopic (exact) mass is 245 g/mol. The first-order chi connectivity index (χ1) is 8.72. The van der Waals surface area contributed by atoms with Gasteiger partial charge in [0, 0.05) is 24.5 Å². The van der Waals surface area contributed by atoms with E-state index in [9.17, 15) is 0 Å². The molecule has 0 saturated heterocycles. The molecule has 0 spiro atoms. The summed E-state index contributed by atoms with van der Waals surface area (Å²) in [6, 6.07) is 4.15. The zero-order chi connectivity index (χ0) is 13.0. The van der Waals surface area contributed by atoms with Gasteiger partial charge in [-0.3, -0.25) is 4.98 Å². The minimum Gasteiger partial charge on any atom is -0.464 e. The van der Waals surface area contributed by atoms with Gasteiger partial charge in [-0.2, -0.15) is 15.0 Å². The average Bonchev–Trinajstić information content (AvgIpc) is 2.39. The van der Waals surface area contributed by atoms with Crippen molar-refractivity contribution in [2.75, 3.05) is 19.0 Å². The van der Waals surface area contributed by atoms with E-state index in [1.165, 1.54) is 0 Å². The lowest BCUT2D eigenvalue weighted by atomic mass is 10.2. The zero-order valence-electron chi connectivity index (χ0n) is 10.6. The molecule has 94 valence electrons. The molecule has 0 atom stereocenters. The van der Waals surface area contributed by atoms with Crippen LogP contribution in [0.3, 0.4) is 0 Å². The summed E-state index contributed by atoms with van der Waals surface area (Å²) in [4.78, 5) is 16.9. The first-order valence-electron chi connectivity index (χ1n) is 5.72. The molecule has 0 aliphatic rings. The Hall–Kier alpha value is -2.24. The van der Waals surface area contributed by atoms with Gasteiger partial charge in [-0.1, -0.05) is 0 Å². The maximum absolute atomic E-state index is 5.31. The van der Waals surface area contributed by atoms with Crippen molar-refractivity contribution in [3.63, 3.8) is 0 Å². The van der Waals surface area contributed by atoms with Gasteiger partial charge in [-0.25, -0.2) is 0 Å². The van der Waals surface area contributed by atoms with E-state index >= 15 is 0 Å². The number of aromatic nitrogens is 4. The molecular weight excluding hydrogens is 230 g/mol. The largest absolute Gasteiger partial charge is 0.464 e. The van der Waals surface area contributed by atoms with Crippen LogP contribution >= 0.6 is 0 Å². The Morgan fingerprint density at radius 3 is 2.67 bits per heavy atom. The van der Waals surface area contributed by atoms with E-state index in [0.717, 1.165) is 11.3 Å². The molecule has 0 unspecified atom stereocenters. The van der Waals surface area contributed by atoms with Crippen molar-refractivity contribution in [2.24, 2.45) is 0 Å². The fourth-order valence-corrected chi connectivity index (χ4v) is 1.39. The van der Waals surface area contributed by atoms with Crippen LogP contribution in [-0.4, -0.2) is 33.6 Å². The Kier molecular flexibility index (Phi) is 3.66. The summed E-state index contributed by atoms with van der Waals surface area (Å²) in [6.45, 7) is 4.33. The number of hydrogen-bond acceptors (Lipinski definition) is 6. The number of ether oxygens (including phenoxy) is 1. The smallest absolute Gasteiger partial charge is 0.321 e. The lowest BCUT2D eigenvalue weighted by Crippen LogP contribution is -2.05. The van der Waals surface area contributed by atoms with E-state index in [-0.39, 0.29) is 0 Å². The SMILES string of the molecule is CCOc1nc(NC)nc(-c2ccc(C)nc2)n1. The van der Waals surface area contributed by atoms with Gasteiger partial charge in [-0.05, 0) is 26.0 Å². The summed E-state index contributed by atoms with van der Waals surface area (Å²) in [7, 11) is 1.75. The molecule has 0 aliphatic carbocycles. The molecule has 0 aliphatic heterocycles. The lowest BCUT2D eigenvalue weighted by Gasteiger charge is -2.06. The lowest BCUT2D eigenvalue weighted by molar-refractivity contribution is 0.312. The van der Waals surface area contributed by atoms with Gasteiger partial charge >= 0.3 is 6.01 Å². The van der Waals surface area contributed by atoms with E-state index in [1.54, 1.807) is 13.2 Å². The van der Waals surface area contributed by atoms with Crippen LogP contribution in [0.25, 0.3) is 11.4 Å². The number of pyridine rings is 1. The van der Waals surface area contributed by atoms with Crippen LogP contribution in [-0.2, 0) is 0 Å². The number of nitrogens with zero attached hydrogens (tertiary/aromatic N) is 4. The maximum atomic E-state index is 5.31. The second kappa shape index (κ2) is 5.39. The summed E-state index contributed by atoms with van der Waals surface area (Å²) in [5.41, 5.74) is 1.78. The fourth-order valence-electron chi connectivity index (χ4n) is 1.39. The molecule has 2 heterocycles. The van der Waals surface area contributed by atoms with Crippen LogP contribution in [0.1, 0.15) is 12.6 Å². The molecule has 0 bridgehead atoms. The fraction of sp³-hybridized carbons (Fsp3) is 0.333. The molecule has 6 heteroatoms. The molecule has 0 saturated carbocycles. The molecule has 2 aromatic heterocycles. The number of rotatable bonds is 4. The molecule has 0 amide bonds. The Morgan fingerprint density at radius 2 is 2.06 bits per heavy atom. The van der Waals surface area contributed by atoms with Crippen LogP contribution in [0.5, 0.6) is 6.01 Å². The number of aryl methyl sites for hydroxylation is 1. The molecule has 1 N–H and O–H groups in total. The van der Waals surface area contributed by atoms with Crippen molar-refractivity contribution < 1.29 is 4.74 Å². The molecule has 0 radical (unpaired) electrons. The number of nitrogens with one attached hydrogen (secondary N) is 1. The normalized spacial score (nSPS) is 10.2. The Morgan fingerprint density at radius 1 is 1.22 bits per heavy atom. The van der Waals surface area contributed by atoms with Crippen LogP contribution in [0.2, 0.25) is 0 Å².